The van der Waals surface area contributed by atoms with E-state index in [-0.39, 0.29) is 15.8 Å². The Balaban J connectivity index is 2.87. The van der Waals surface area contributed by atoms with E-state index in [1.807, 2.05) is 0 Å². The van der Waals surface area contributed by atoms with Gasteiger partial charge in [0.05, 0.1) is 4.90 Å². The first-order valence-corrected chi connectivity index (χ1v) is 7.34. The van der Waals surface area contributed by atoms with Gasteiger partial charge in [0.2, 0.25) is 10.0 Å². The molecule has 0 saturated heterocycles. The number of benzene rings is 1. The number of halogens is 3. The van der Waals surface area contributed by atoms with Crippen LogP contribution < -0.4 is 0 Å². The summed E-state index contributed by atoms with van der Waals surface area (Å²) in [5.74, 6) is 0. The zero-order chi connectivity index (χ0) is 15.4. The number of hydrogen-bond donors (Lipinski definition) is 1. The fraction of sp³-hybridized carbons (Fsp3) is 0.500. The lowest BCUT2D eigenvalue weighted by Gasteiger charge is -2.18. The van der Waals surface area contributed by atoms with Crippen LogP contribution in [-0.2, 0) is 16.4 Å². The van der Waals surface area contributed by atoms with E-state index in [9.17, 15) is 21.6 Å². The first-order chi connectivity index (χ1) is 9.16. The Morgan fingerprint density at radius 2 is 1.75 bits per heavy atom. The molecule has 1 N–H and O–H groups in total. The summed E-state index contributed by atoms with van der Waals surface area (Å²) in [6, 6.07) is 5.61. The molecule has 0 aliphatic carbocycles. The molecule has 0 aliphatic rings. The molecule has 0 saturated carbocycles. The lowest BCUT2D eigenvalue weighted by Crippen LogP contribution is -2.35. The van der Waals surface area contributed by atoms with Gasteiger partial charge in [-0.15, -0.1) is 0 Å². The summed E-state index contributed by atoms with van der Waals surface area (Å²) in [5.41, 5.74) is 0.816. The summed E-state index contributed by atoms with van der Waals surface area (Å²) in [7, 11) is -3.25. The standard InChI is InChI=1S/C12H16F3NO3S/c1-16(9-12(13,14)15)20(18,19)11-6-4-10(5-7-11)3-2-8-17/h4-7,17H,2-3,8-9H2,1H3. The number of hydrogen-bond acceptors (Lipinski definition) is 3. The van der Waals surface area contributed by atoms with Crippen LogP contribution in [0.15, 0.2) is 29.2 Å². The van der Waals surface area contributed by atoms with E-state index < -0.39 is 22.7 Å². The summed E-state index contributed by atoms with van der Waals surface area (Å²) >= 11 is 0. The molecule has 0 unspecified atom stereocenters. The van der Waals surface area contributed by atoms with Crippen molar-refractivity contribution in [2.24, 2.45) is 0 Å². The first kappa shape index (κ1) is 16.9. The van der Waals surface area contributed by atoms with Crippen LogP contribution in [0.4, 0.5) is 13.2 Å². The molecule has 0 amide bonds. The summed E-state index contributed by atoms with van der Waals surface area (Å²) < 4.78 is 60.8. The molecule has 4 nitrogen and oxygen atoms in total. The highest BCUT2D eigenvalue weighted by molar-refractivity contribution is 7.89. The second-order valence-electron chi connectivity index (χ2n) is 4.35. The molecule has 8 heteroatoms. The van der Waals surface area contributed by atoms with Crippen LogP contribution in [0.1, 0.15) is 12.0 Å². The monoisotopic (exact) mass is 311 g/mol. The minimum atomic E-state index is -4.58. The maximum Gasteiger partial charge on any atom is 0.402 e. The van der Waals surface area contributed by atoms with Crippen LogP contribution in [-0.4, -0.2) is 44.2 Å². The maximum atomic E-state index is 12.2. The van der Waals surface area contributed by atoms with Gasteiger partial charge in [0, 0.05) is 13.7 Å². The predicted molar refractivity (Wildman–Crippen MR) is 67.7 cm³/mol. The highest BCUT2D eigenvalue weighted by Gasteiger charge is 2.34. The van der Waals surface area contributed by atoms with E-state index in [1.54, 1.807) is 0 Å². The fourth-order valence-corrected chi connectivity index (χ4v) is 2.78. The molecule has 0 atom stereocenters. The van der Waals surface area contributed by atoms with Crippen LogP contribution in [0.5, 0.6) is 0 Å². The number of rotatable bonds is 6. The summed E-state index contributed by atoms with van der Waals surface area (Å²) in [6.45, 7) is -1.50. The van der Waals surface area contributed by atoms with Gasteiger partial charge >= 0.3 is 6.18 Å². The molecule has 0 bridgehead atoms. The third-order valence-corrected chi connectivity index (χ3v) is 4.47. The van der Waals surface area contributed by atoms with Gasteiger partial charge in [0.1, 0.15) is 6.54 Å². The topological polar surface area (TPSA) is 57.6 Å². The molecule has 0 fully saturated rings. The van der Waals surface area contributed by atoms with Gasteiger partial charge in [-0.25, -0.2) is 8.42 Å². The molecule has 114 valence electrons. The van der Waals surface area contributed by atoms with Crippen molar-refractivity contribution in [1.82, 2.24) is 4.31 Å². The van der Waals surface area contributed by atoms with Crippen molar-refractivity contribution in [3.63, 3.8) is 0 Å². The molecule has 0 spiro atoms. The third-order valence-electron chi connectivity index (χ3n) is 2.66. The number of aliphatic hydroxyl groups excluding tert-OH is 1. The van der Waals surface area contributed by atoms with Gasteiger partial charge in [-0.2, -0.15) is 17.5 Å². The van der Waals surface area contributed by atoms with E-state index >= 15 is 0 Å². The van der Waals surface area contributed by atoms with Gasteiger partial charge in [-0.1, -0.05) is 12.1 Å². The second-order valence-corrected chi connectivity index (χ2v) is 6.39. The van der Waals surface area contributed by atoms with Crippen LogP contribution in [0.25, 0.3) is 0 Å². The van der Waals surface area contributed by atoms with Gasteiger partial charge < -0.3 is 5.11 Å². The molecule has 20 heavy (non-hydrogen) atoms. The lowest BCUT2D eigenvalue weighted by molar-refractivity contribution is -0.134. The smallest absolute Gasteiger partial charge is 0.396 e. The Morgan fingerprint density at radius 1 is 1.20 bits per heavy atom. The molecule has 1 aromatic rings. The SMILES string of the molecule is CN(CC(F)(F)F)S(=O)(=O)c1ccc(CCCO)cc1. The number of nitrogens with zero attached hydrogens (tertiary/aromatic N) is 1. The van der Waals surface area contributed by atoms with E-state index in [0.29, 0.717) is 12.8 Å². The molecule has 0 aliphatic heterocycles. The zero-order valence-corrected chi connectivity index (χ0v) is 11.7. The maximum absolute atomic E-state index is 12.2. The Bertz CT molecular complexity index is 526. The van der Waals surface area contributed by atoms with E-state index in [0.717, 1.165) is 12.6 Å². The largest absolute Gasteiger partial charge is 0.402 e. The highest BCUT2D eigenvalue weighted by Crippen LogP contribution is 2.21. The normalized spacial score (nSPS) is 12.9. The molecule has 0 radical (unpaired) electrons. The summed E-state index contributed by atoms with van der Waals surface area (Å²) in [4.78, 5) is -0.183. The first-order valence-electron chi connectivity index (χ1n) is 5.90. The lowest BCUT2D eigenvalue weighted by atomic mass is 10.1. The molecule has 1 rings (SSSR count). The highest BCUT2D eigenvalue weighted by atomic mass is 32.2. The van der Waals surface area contributed by atoms with E-state index in [4.69, 9.17) is 5.11 Å². The number of aryl methyl sites for hydroxylation is 1. The van der Waals surface area contributed by atoms with Crippen LogP contribution in [0.3, 0.4) is 0 Å². The number of aliphatic hydroxyl groups is 1. The van der Waals surface area contributed by atoms with Crippen molar-refractivity contribution in [2.45, 2.75) is 23.9 Å². The van der Waals surface area contributed by atoms with Gasteiger partial charge in [0.15, 0.2) is 0 Å². The Morgan fingerprint density at radius 3 is 2.20 bits per heavy atom. The summed E-state index contributed by atoms with van der Waals surface area (Å²) in [5, 5.41) is 8.68. The molecular weight excluding hydrogens is 295 g/mol. The van der Waals surface area contributed by atoms with Crippen LogP contribution >= 0.6 is 0 Å². The van der Waals surface area contributed by atoms with Crippen molar-refractivity contribution in [1.29, 1.82) is 0 Å². The molecular formula is C12H16F3NO3S. The predicted octanol–water partition coefficient (Wildman–Crippen LogP) is 1.79. The fourth-order valence-electron chi connectivity index (χ4n) is 1.63. The van der Waals surface area contributed by atoms with Crippen LogP contribution in [0.2, 0.25) is 0 Å². The minimum absolute atomic E-state index is 0.0222. The Hall–Kier alpha value is -1.12. The van der Waals surface area contributed by atoms with Crippen molar-refractivity contribution >= 4 is 10.0 Å². The Labute approximate surface area is 115 Å². The Kier molecular flexibility index (Phi) is 5.55. The average molecular weight is 311 g/mol. The number of alkyl halides is 3. The van der Waals surface area contributed by atoms with Gasteiger partial charge in [-0.05, 0) is 30.5 Å². The van der Waals surface area contributed by atoms with Crippen molar-refractivity contribution in [2.75, 3.05) is 20.2 Å². The van der Waals surface area contributed by atoms with Crippen LogP contribution in [0, 0.1) is 0 Å². The zero-order valence-electron chi connectivity index (χ0n) is 10.9. The van der Waals surface area contributed by atoms with Crippen molar-refractivity contribution in [3.05, 3.63) is 29.8 Å². The summed E-state index contributed by atoms with van der Waals surface area (Å²) in [6.07, 6.45) is -3.46. The average Bonchev–Trinajstić information content (AvgIpc) is 2.34. The number of sulfonamides is 1. The molecule has 0 heterocycles. The third kappa shape index (κ3) is 4.77. The van der Waals surface area contributed by atoms with Gasteiger partial charge in [-0.3, -0.25) is 0 Å². The minimum Gasteiger partial charge on any atom is -0.396 e. The van der Waals surface area contributed by atoms with Gasteiger partial charge in [0.25, 0.3) is 0 Å². The van der Waals surface area contributed by atoms with E-state index in [1.165, 1.54) is 24.3 Å². The molecule has 1 aromatic carbocycles. The second kappa shape index (κ2) is 6.55. The van der Waals surface area contributed by atoms with Crippen molar-refractivity contribution < 1.29 is 26.7 Å². The van der Waals surface area contributed by atoms with E-state index in [2.05, 4.69) is 0 Å². The molecule has 0 aromatic heterocycles. The quantitative estimate of drug-likeness (QED) is 0.871. The van der Waals surface area contributed by atoms with Crippen molar-refractivity contribution in [3.8, 4) is 0 Å².